The molecule has 5 nitrogen and oxygen atoms in total. The van der Waals surface area contributed by atoms with E-state index in [9.17, 15) is 10.1 Å². The molecule has 5 heteroatoms. The minimum absolute atomic E-state index is 0.193. The third kappa shape index (κ3) is 4.03. The van der Waals surface area contributed by atoms with Gasteiger partial charge in [-0.1, -0.05) is 13.8 Å². The summed E-state index contributed by atoms with van der Waals surface area (Å²) in [6.45, 7) is 6.41. The van der Waals surface area contributed by atoms with E-state index in [1.54, 1.807) is 12.1 Å². The van der Waals surface area contributed by atoms with Crippen molar-refractivity contribution in [3.63, 3.8) is 0 Å². The molecule has 3 rings (SSSR count). The van der Waals surface area contributed by atoms with Gasteiger partial charge in [-0.25, -0.2) is 0 Å². The number of hydrogen-bond acceptors (Lipinski definition) is 4. The molecule has 25 heavy (non-hydrogen) atoms. The number of hydrogen-bond donors (Lipinski definition) is 2. The zero-order valence-corrected chi connectivity index (χ0v) is 15.3. The number of non-ortho nitro benzene ring substituents is 1. The van der Waals surface area contributed by atoms with Crippen molar-refractivity contribution in [2.45, 2.75) is 64.3 Å². The van der Waals surface area contributed by atoms with Gasteiger partial charge in [-0.3, -0.25) is 10.1 Å². The van der Waals surface area contributed by atoms with E-state index in [-0.39, 0.29) is 10.6 Å². The first-order valence-corrected chi connectivity index (χ1v) is 9.58. The standard InChI is InChI=1S/C20H29N3O2/c1-3-14(2)19-13-17(23(24)25)7-8-18(19)20(15-5-4-6-15)22-16-9-11-21-12-10-16/h7-8,13-14,16,21-22H,3-6,9-12H2,1-2H3. The molecule has 0 bridgehead atoms. The maximum atomic E-state index is 11.2. The fourth-order valence-electron chi connectivity index (χ4n) is 3.66. The largest absolute Gasteiger partial charge is 0.382 e. The van der Waals surface area contributed by atoms with Gasteiger partial charge in [-0.05, 0) is 74.7 Å². The number of nitrogens with zero attached hydrogens (tertiary/aromatic N) is 1. The van der Waals surface area contributed by atoms with Crippen molar-refractivity contribution in [2.24, 2.45) is 0 Å². The van der Waals surface area contributed by atoms with Crippen LogP contribution < -0.4 is 10.6 Å². The Labute approximate surface area is 150 Å². The number of nitro groups is 1. The number of rotatable bonds is 6. The molecule has 0 radical (unpaired) electrons. The Balaban J connectivity index is 1.98. The van der Waals surface area contributed by atoms with Crippen LogP contribution in [0.2, 0.25) is 0 Å². The summed E-state index contributed by atoms with van der Waals surface area (Å²) < 4.78 is 0. The molecular formula is C20H29N3O2. The molecule has 1 aromatic rings. The van der Waals surface area contributed by atoms with Gasteiger partial charge in [0, 0.05) is 29.4 Å². The lowest BCUT2D eigenvalue weighted by molar-refractivity contribution is -0.384. The van der Waals surface area contributed by atoms with Crippen molar-refractivity contribution in [2.75, 3.05) is 13.1 Å². The Bertz CT molecular complexity index is 657. The van der Waals surface area contributed by atoms with Gasteiger partial charge >= 0.3 is 0 Å². The van der Waals surface area contributed by atoms with Crippen molar-refractivity contribution in [1.82, 2.24) is 10.6 Å². The average Bonchev–Trinajstić information content (AvgIpc) is 2.59. The maximum Gasteiger partial charge on any atom is 0.269 e. The molecule has 1 aliphatic carbocycles. The van der Waals surface area contributed by atoms with E-state index in [0.717, 1.165) is 50.8 Å². The molecule has 2 aliphatic rings. The second-order valence-electron chi connectivity index (χ2n) is 7.34. The first-order valence-electron chi connectivity index (χ1n) is 9.58. The van der Waals surface area contributed by atoms with Crippen molar-refractivity contribution in [1.29, 1.82) is 0 Å². The first kappa shape index (κ1) is 17.9. The van der Waals surface area contributed by atoms with Crippen LogP contribution in [0.5, 0.6) is 0 Å². The van der Waals surface area contributed by atoms with E-state index in [4.69, 9.17) is 0 Å². The van der Waals surface area contributed by atoms with E-state index < -0.39 is 0 Å². The summed E-state index contributed by atoms with van der Waals surface area (Å²) in [7, 11) is 0. The number of nitrogens with one attached hydrogen (secondary N) is 2. The Morgan fingerprint density at radius 1 is 1.36 bits per heavy atom. The van der Waals surface area contributed by atoms with Gasteiger partial charge in [0.25, 0.3) is 5.69 Å². The molecule has 2 fully saturated rings. The quantitative estimate of drug-likeness (QED) is 0.595. The molecule has 1 saturated heterocycles. The monoisotopic (exact) mass is 343 g/mol. The van der Waals surface area contributed by atoms with Crippen LogP contribution >= 0.6 is 0 Å². The Morgan fingerprint density at radius 2 is 2.08 bits per heavy atom. The second kappa shape index (κ2) is 8.00. The summed E-state index contributed by atoms with van der Waals surface area (Å²) in [6, 6.07) is 5.90. The molecule has 0 spiro atoms. The highest BCUT2D eigenvalue weighted by Crippen LogP contribution is 2.37. The van der Waals surface area contributed by atoms with Crippen molar-refractivity contribution < 1.29 is 4.92 Å². The van der Waals surface area contributed by atoms with Crippen LogP contribution in [0.25, 0.3) is 5.70 Å². The van der Waals surface area contributed by atoms with Crippen LogP contribution in [0.4, 0.5) is 5.69 Å². The number of nitro benzene ring substituents is 1. The number of benzene rings is 1. The van der Waals surface area contributed by atoms with Gasteiger partial charge in [-0.2, -0.15) is 0 Å². The van der Waals surface area contributed by atoms with E-state index in [2.05, 4.69) is 24.5 Å². The lowest BCUT2D eigenvalue weighted by atomic mass is 9.84. The van der Waals surface area contributed by atoms with Gasteiger partial charge in [0.1, 0.15) is 0 Å². The van der Waals surface area contributed by atoms with E-state index in [1.807, 2.05) is 6.07 Å². The van der Waals surface area contributed by atoms with Gasteiger partial charge < -0.3 is 10.6 Å². The summed E-state index contributed by atoms with van der Waals surface area (Å²) in [6.07, 6.45) is 6.77. The zero-order valence-electron chi connectivity index (χ0n) is 15.3. The molecule has 1 aromatic carbocycles. The van der Waals surface area contributed by atoms with E-state index >= 15 is 0 Å². The molecule has 1 saturated carbocycles. The lowest BCUT2D eigenvalue weighted by Gasteiger charge is -2.31. The van der Waals surface area contributed by atoms with E-state index in [0.29, 0.717) is 12.0 Å². The lowest BCUT2D eigenvalue weighted by Crippen LogP contribution is -2.39. The van der Waals surface area contributed by atoms with Crippen LogP contribution in [-0.2, 0) is 0 Å². The zero-order chi connectivity index (χ0) is 17.8. The van der Waals surface area contributed by atoms with Crippen LogP contribution in [0, 0.1) is 10.1 Å². The fourth-order valence-corrected chi connectivity index (χ4v) is 3.66. The molecular weight excluding hydrogens is 314 g/mol. The molecule has 1 atom stereocenters. The molecule has 1 aliphatic heterocycles. The van der Waals surface area contributed by atoms with Crippen molar-refractivity contribution in [3.8, 4) is 0 Å². The SMILES string of the molecule is CCC(C)c1cc([N+](=O)[O-])ccc1C(NC1CCNCC1)=C1CCC1. The van der Waals surface area contributed by atoms with Crippen LogP contribution in [0.1, 0.15) is 69.4 Å². The van der Waals surface area contributed by atoms with Gasteiger partial charge in [0.05, 0.1) is 4.92 Å². The average molecular weight is 343 g/mol. The Kier molecular flexibility index (Phi) is 5.74. The van der Waals surface area contributed by atoms with Gasteiger partial charge in [0.2, 0.25) is 0 Å². The van der Waals surface area contributed by atoms with Gasteiger partial charge in [-0.15, -0.1) is 0 Å². The second-order valence-corrected chi connectivity index (χ2v) is 7.34. The highest BCUT2D eigenvalue weighted by atomic mass is 16.6. The third-order valence-electron chi connectivity index (χ3n) is 5.66. The summed E-state index contributed by atoms with van der Waals surface area (Å²) in [5.41, 5.74) is 5.21. The molecule has 0 aromatic heterocycles. The fraction of sp³-hybridized carbons (Fsp3) is 0.600. The summed E-state index contributed by atoms with van der Waals surface area (Å²) in [5, 5.41) is 18.5. The van der Waals surface area contributed by atoms with Gasteiger partial charge in [0.15, 0.2) is 0 Å². The minimum atomic E-state index is -0.286. The topological polar surface area (TPSA) is 67.2 Å². The highest BCUT2D eigenvalue weighted by molar-refractivity contribution is 5.72. The predicted molar refractivity (Wildman–Crippen MR) is 102 cm³/mol. The van der Waals surface area contributed by atoms with E-state index in [1.165, 1.54) is 23.3 Å². The molecule has 1 heterocycles. The third-order valence-corrected chi connectivity index (χ3v) is 5.66. The minimum Gasteiger partial charge on any atom is -0.382 e. The first-order chi connectivity index (χ1) is 12.1. The molecule has 136 valence electrons. The Morgan fingerprint density at radius 3 is 2.64 bits per heavy atom. The summed E-state index contributed by atoms with van der Waals surface area (Å²) in [4.78, 5) is 10.9. The highest BCUT2D eigenvalue weighted by Gasteiger charge is 2.24. The molecule has 1 unspecified atom stereocenters. The Hall–Kier alpha value is -1.88. The number of allylic oxidation sites excluding steroid dienone is 1. The molecule has 2 N–H and O–H groups in total. The molecule has 0 amide bonds. The predicted octanol–water partition coefficient (Wildman–Crippen LogP) is 4.34. The smallest absolute Gasteiger partial charge is 0.269 e. The maximum absolute atomic E-state index is 11.2. The van der Waals surface area contributed by atoms with Crippen LogP contribution in [0.3, 0.4) is 0 Å². The summed E-state index contributed by atoms with van der Waals surface area (Å²) in [5.74, 6) is 0.306. The van der Waals surface area contributed by atoms with Crippen molar-refractivity contribution >= 4 is 11.4 Å². The van der Waals surface area contributed by atoms with Crippen LogP contribution in [-0.4, -0.2) is 24.1 Å². The van der Waals surface area contributed by atoms with Crippen molar-refractivity contribution in [3.05, 3.63) is 45.0 Å². The summed E-state index contributed by atoms with van der Waals surface area (Å²) >= 11 is 0. The normalized spacial score (nSPS) is 19.2. The van der Waals surface area contributed by atoms with Crippen LogP contribution in [0.15, 0.2) is 23.8 Å². The number of piperidine rings is 1.